The lowest BCUT2D eigenvalue weighted by molar-refractivity contribution is 0.226. The quantitative estimate of drug-likeness (QED) is 0.884. The molecule has 3 unspecified atom stereocenters. The van der Waals surface area contributed by atoms with Gasteiger partial charge in [-0.2, -0.15) is 0 Å². The Hall–Kier alpha value is -0.850. The predicted octanol–water partition coefficient (Wildman–Crippen LogP) is 1.84. The molecule has 2 rings (SSSR count). The molecule has 1 heterocycles. The monoisotopic (exact) mass is 286 g/mol. The van der Waals surface area contributed by atoms with Crippen LogP contribution < -0.4 is 10.5 Å². The molecule has 1 aliphatic rings. The minimum Gasteiger partial charge on any atom is -0.447 e. The largest absolute Gasteiger partial charge is 0.447 e. The number of hydrogen-bond acceptors (Lipinski definition) is 4. The lowest BCUT2D eigenvalue weighted by Crippen LogP contribution is -2.43. The van der Waals surface area contributed by atoms with Crippen LogP contribution in [0.1, 0.15) is 38.9 Å². The van der Waals surface area contributed by atoms with E-state index in [-0.39, 0.29) is 17.7 Å². The van der Waals surface area contributed by atoms with Crippen LogP contribution in [-0.4, -0.2) is 14.5 Å². The summed E-state index contributed by atoms with van der Waals surface area (Å²) in [4.78, 5) is 0. The van der Waals surface area contributed by atoms with Gasteiger partial charge in [0.05, 0.1) is 6.54 Å². The minimum absolute atomic E-state index is 0.0137. The van der Waals surface area contributed by atoms with Crippen molar-refractivity contribution >= 4 is 10.0 Å². The second kappa shape index (κ2) is 5.64. The zero-order valence-electron chi connectivity index (χ0n) is 11.4. The van der Waals surface area contributed by atoms with Crippen LogP contribution in [0.3, 0.4) is 0 Å². The maximum absolute atomic E-state index is 12.2. The van der Waals surface area contributed by atoms with E-state index in [1.165, 1.54) is 6.07 Å². The van der Waals surface area contributed by atoms with Crippen LogP contribution in [0.15, 0.2) is 21.6 Å². The minimum atomic E-state index is -3.58. The van der Waals surface area contributed by atoms with E-state index < -0.39 is 10.0 Å². The Morgan fingerprint density at radius 1 is 1.37 bits per heavy atom. The molecule has 1 aliphatic carbocycles. The zero-order valence-corrected chi connectivity index (χ0v) is 12.2. The summed E-state index contributed by atoms with van der Waals surface area (Å²) in [5, 5.41) is -0.0432. The van der Waals surface area contributed by atoms with Crippen molar-refractivity contribution in [3.8, 4) is 0 Å². The fourth-order valence-electron chi connectivity index (χ4n) is 2.62. The molecule has 1 aromatic heterocycles. The summed E-state index contributed by atoms with van der Waals surface area (Å²) in [5.74, 6) is 1.36. The molecule has 0 bridgehead atoms. The molecule has 5 nitrogen and oxygen atoms in total. The van der Waals surface area contributed by atoms with Crippen LogP contribution in [0.5, 0.6) is 0 Å². The van der Waals surface area contributed by atoms with Gasteiger partial charge in [-0.3, -0.25) is 0 Å². The summed E-state index contributed by atoms with van der Waals surface area (Å²) in [6.07, 6.45) is 3.11. The molecule has 0 saturated heterocycles. The predicted molar refractivity (Wildman–Crippen MR) is 72.9 cm³/mol. The smallest absolute Gasteiger partial charge is 0.274 e. The van der Waals surface area contributed by atoms with Gasteiger partial charge in [0, 0.05) is 6.04 Å². The molecule has 0 aromatic carbocycles. The molecule has 0 amide bonds. The maximum atomic E-state index is 12.2. The average molecular weight is 286 g/mol. The number of nitrogens with one attached hydrogen (secondary N) is 1. The highest BCUT2D eigenvalue weighted by atomic mass is 32.2. The van der Waals surface area contributed by atoms with Gasteiger partial charge in [-0.1, -0.05) is 26.7 Å². The third-order valence-corrected chi connectivity index (χ3v) is 5.48. The number of nitrogens with two attached hydrogens (primary N) is 1. The number of sulfonamides is 1. The van der Waals surface area contributed by atoms with Crippen LogP contribution in [0.2, 0.25) is 0 Å². The van der Waals surface area contributed by atoms with E-state index in [9.17, 15) is 8.42 Å². The van der Waals surface area contributed by atoms with Crippen molar-refractivity contribution in [2.75, 3.05) is 0 Å². The van der Waals surface area contributed by atoms with Crippen molar-refractivity contribution in [1.82, 2.24) is 4.72 Å². The van der Waals surface area contributed by atoms with Crippen LogP contribution in [0.25, 0.3) is 0 Å². The maximum Gasteiger partial charge on any atom is 0.274 e. The molecule has 0 spiro atoms. The standard InChI is InChI=1S/C13H22N2O3S/c1-9-4-3-5-12(10(9)2)15-19(16,17)13-7-6-11(8-14)18-13/h6-7,9-10,12,15H,3-5,8,14H2,1-2H3. The summed E-state index contributed by atoms with van der Waals surface area (Å²) >= 11 is 0. The first kappa shape index (κ1) is 14.6. The molecule has 1 fully saturated rings. The highest BCUT2D eigenvalue weighted by Gasteiger charge is 2.31. The van der Waals surface area contributed by atoms with Gasteiger partial charge in [-0.15, -0.1) is 0 Å². The molecular weight excluding hydrogens is 264 g/mol. The lowest BCUT2D eigenvalue weighted by Gasteiger charge is -2.34. The molecule has 0 aliphatic heterocycles. The molecule has 1 aromatic rings. The van der Waals surface area contributed by atoms with Gasteiger partial charge in [0.1, 0.15) is 5.76 Å². The summed E-state index contributed by atoms with van der Waals surface area (Å²) < 4.78 is 32.5. The Balaban J connectivity index is 2.12. The number of hydrogen-bond donors (Lipinski definition) is 2. The van der Waals surface area contributed by atoms with Crippen LogP contribution >= 0.6 is 0 Å². The van der Waals surface area contributed by atoms with Gasteiger partial charge in [-0.25, -0.2) is 13.1 Å². The molecule has 1 saturated carbocycles. The van der Waals surface area contributed by atoms with Crippen molar-refractivity contribution in [2.45, 2.75) is 50.8 Å². The zero-order chi connectivity index (χ0) is 14.0. The van der Waals surface area contributed by atoms with E-state index in [0.29, 0.717) is 17.6 Å². The Bertz CT molecular complexity index is 524. The Morgan fingerprint density at radius 3 is 2.74 bits per heavy atom. The van der Waals surface area contributed by atoms with Crippen LogP contribution in [0, 0.1) is 11.8 Å². The second-order valence-electron chi connectivity index (χ2n) is 5.42. The topological polar surface area (TPSA) is 85.3 Å². The normalized spacial score (nSPS) is 28.5. The summed E-state index contributed by atoms with van der Waals surface area (Å²) in [7, 11) is -3.58. The van der Waals surface area contributed by atoms with Gasteiger partial charge >= 0.3 is 0 Å². The molecule has 3 atom stereocenters. The summed E-state index contributed by atoms with van der Waals surface area (Å²) in [6, 6.07) is 3.04. The van der Waals surface area contributed by atoms with E-state index in [2.05, 4.69) is 18.6 Å². The number of rotatable bonds is 4. The highest BCUT2D eigenvalue weighted by molar-refractivity contribution is 7.89. The van der Waals surface area contributed by atoms with Gasteiger partial charge in [-0.05, 0) is 30.4 Å². The number of furan rings is 1. The third kappa shape index (κ3) is 3.19. The molecule has 0 radical (unpaired) electrons. The van der Waals surface area contributed by atoms with Gasteiger partial charge in [0.25, 0.3) is 10.0 Å². The fourth-order valence-corrected chi connectivity index (χ4v) is 3.93. The van der Waals surface area contributed by atoms with E-state index in [1.54, 1.807) is 6.07 Å². The molecule has 3 N–H and O–H groups in total. The first-order valence-electron chi connectivity index (χ1n) is 6.75. The van der Waals surface area contributed by atoms with Gasteiger partial charge in [0.15, 0.2) is 0 Å². The highest BCUT2D eigenvalue weighted by Crippen LogP contribution is 2.30. The van der Waals surface area contributed by atoms with E-state index in [0.717, 1.165) is 19.3 Å². The van der Waals surface area contributed by atoms with Gasteiger partial charge < -0.3 is 10.2 Å². The Labute approximate surface area is 114 Å². The van der Waals surface area contributed by atoms with Crippen molar-refractivity contribution in [2.24, 2.45) is 17.6 Å². The van der Waals surface area contributed by atoms with Crippen molar-refractivity contribution in [3.05, 3.63) is 17.9 Å². The lowest BCUT2D eigenvalue weighted by atomic mass is 9.78. The first-order chi connectivity index (χ1) is 8.94. The van der Waals surface area contributed by atoms with Crippen LogP contribution in [0.4, 0.5) is 0 Å². The van der Waals surface area contributed by atoms with E-state index in [1.807, 2.05) is 0 Å². The van der Waals surface area contributed by atoms with E-state index in [4.69, 9.17) is 10.2 Å². The van der Waals surface area contributed by atoms with Crippen molar-refractivity contribution < 1.29 is 12.8 Å². The molecule has 6 heteroatoms. The summed E-state index contributed by atoms with van der Waals surface area (Å²) in [5.41, 5.74) is 5.42. The summed E-state index contributed by atoms with van der Waals surface area (Å²) in [6.45, 7) is 4.47. The first-order valence-corrected chi connectivity index (χ1v) is 8.23. The third-order valence-electron chi connectivity index (χ3n) is 4.12. The SMILES string of the molecule is CC1CCCC(NS(=O)(=O)c2ccc(CN)o2)C1C. The fraction of sp³-hybridized carbons (Fsp3) is 0.692. The Kier molecular flexibility index (Phi) is 4.32. The molecular formula is C13H22N2O3S. The van der Waals surface area contributed by atoms with Crippen LogP contribution in [-0.2, 0) is 16.6 Å². The van der Waals surface area contributed by atoms with Crippen molar-refractivity contribution in [1.29, 1.82) is 0 Å². The molecule has 19 heavy (non-hydrogen) atoms. The molecule has 108 valence electrons. The Morgan fingerprint density at radius 2 is 2.11 bits per heavy atom. The van der Waals surface area contributed by atoms with Gasteiger partial charge in [0.2, 0.25) is 5.09 Å². The van der Waals surface area contributed by atoms with Crippen molar-refractivity contribution in [3.63, 3.8) is 0 Å². The second-order valence-corrected chi connectivity index (χ2v) is 7.06. The van der Waals surface area contributed by atoms with E-state index >= 15 is 0 Å². The average Bonchev–Trinajstić information content (AvgIpc) is 2.84.